The first-order valence-corrected chi connectivity index (χ1v) is 13.2. The molecule has 0 bridgehead atoms. The summed E-state index contributed by atoms with van der Waals surface area (Å²) in [5.41, 5.74) is 3.36. The van der Waals surface area contributed by atoms with Crippen LogP contribution in [0.25, 0.3) is 11.0 Å². The van der Waals surface area contributed by atoms with Crippen LogP contribution in [0.3, 0.4) is 0 Å². The Morgan fingerprint density at radius 3 is 2.24 bits per heavy atom. The van der Waals surface area contributed by atoms with Crippen LogP contribution < -0.4 is 10.1 Å². The zero-order valence-corrected chi connectivity index (χ0v) is 20.1. The number of methoxy groups -OCH3 is 1. The fourth-order valence-electron chi connectivity index (χ4n) is 5.91. The number of carbonyl (C=O) groups is 1. The van der Waals surface area contributed by atoms with Gasteiger partial charge in [0, 0.05) is 11.3 Å². The number of aromatic nitrogens is 2. The lowest BCUT2D eigenvalue weighted by atomic mass is 9.88. The fourth-order valence-corrected chi connectivity index (χ4v) is 12.5. The Labute approximate surface area is 176 Å². The van der Waals surface area contributed by atoms with Crippen LogP contribution in [0.4, 0.5) is 0 Å². The molecule has 0 spiro atoms. The molecular formula is C23H37N3O2Si. The van der Waals surface area contributed by atoms with Crippen molar-refractivity contribution in [3.8, 4) is 5.75 Å². The lowest BCUT2D eigenvalue weighted by Gasteiger charge is -2.44. The van der Waals surface area contributed by atoms with Crippen molar-refractivity contribution in [2.75, 3.05) is 20.2 Å². The summed E-state index contributed by atoms with van der Waals surface area (Å²) < 4.78 is 8.08. The Morgan fingerprint density at radius 2 is 1.72 bits per heavy atom. The first kappa shape index (κ1) is 22.0. The molecule has 5 nitrogen and oxygen atoms in total. The van der Waals surface area contributed by atoms with Crippen molar-refractivity contribution in [3.05, 3.63) is 24.0 Å². The summed E-state index contributed by atoms with van der Waals surface area (Å²) >= 11 is 0. The highest BCUT2D eigenvalue weighted by molar-refractivity contribution is 6.82. The van der Waals surface area contributed by atoms with Gasteiger partial charge in [-0.05, 0) is 54.8 Å². The molecule has 6 heteroatoms. The van der Waals surface area contributed by atoms with Crippen molar-refractivity contribution < 1.29 is 9.53 Å². The summed E-state index contributed by atoms with van der Waals surface area (Å²) in [6.07, 6.45) is 5.72. The van der Waals surface area contributed by atoms with Crippen LogP contribution in [0, 0.1) is 5.92 Å². The number of rotatable bonds is 7. The Kier molecular flexibility index (Phi) is 6.53. The molecule has 160 valence electrons. The number of nitrogens with zero attached hydrogens (tertiary/aromatic N) is 2. The smallest absolute Gasteiger partial charge is 0.171 e. The fraction of sp³-hybridized carbons (Fsp3) is 0.652. The summed E-state index contributed by atoms with van der Waals surface area (Å²) in [6, 6.07) is 2.11. The van der Waals surface area contributed by atoms with Crippen LogP contribution in [0.15, 0.2) is 18.5 Å². The maximum absolute atomic E-state index is 13.5. The Balaban J connectivity index is 2.23. The van der Waals surface area contributed by atoms with Gasteiger partial charge in [-0.15, -0.1) is 0 Å². The van der Waals surface area contributed by atoms with Crippen LogP contribution in [0.1, 0.15) is 64.7 Å². The average molecular weight is 416 g/mol. The maximum Gasteiger partial charge on any atom is 0.171 e. The van der Waals surface area contributed by atoms with E-state index in [4.69, 9.17) is 9.72 Å². The van der Waals surface area contributed by atoms with Crippen molar-refractivity contribution in [2.24, 2.45) is 5.92 Å². The number of piperidine rings is 1. The Bertz CT molecular complexity index is 845. The van der Waals surface area contributed by atoms with Crippen molar-refractivity contribution in [1.82, 2.24) is 14.5 Å². The van der Waals surface area contributed by atoms with E-state index in [0.29, 0.717) is 22.4 Å². The summed E-state index contributed by atoms with van der Waals surface area (Å²) in [7, 11) is -0.315. The highest BCUT2D eigenvalue weighted by Crippen LogP contribution is 2.44. The molecule has 2 aromatic rings. The van der Waals surface area contributed by atoms with Crippen LogP contribution in [0.5, 0.6) is 5.75 Å². The topological polar surface area (TPSA) is 56.2 Å². The molecule has 0 aliphatic carbocycles. The molecule has 1 N–H and O–H groups in total. The molecule has 1 saturated heterocycles. The van der Waals surface area contributed by atoms with Crippen LogP contribution in [-0.2, 0) is 0 Å². The zero-order chi connectivity index (χ0) is 21.3. The first-order valence-electron chi connectivity index (χ1n) is 11.1. The molecule has 3 rings (SSSR count). The van der Waals surface area contributed by atoms with E-state index in [1.807, 2.05) is 0 Å². The van der Waals surface area contributed by atoms with Crippen molar-refractivity contribution in [3.63, 3.8) is 0 Å². The minimum atomic E-state index is -1.95. The molecule has 0 amide bonds. The van der Waals surface area contributed by atoms with E-state index in [-0.39, 0.29) is 11.7 Å². The Morgan fingerprint density at radius 1 is 1.14 bits per heavy atom. The molecule has 0 saturated carbocycles. The van der Waals surface area contributed by atoms with Gasteiger partial charge in [0.2, 0.25) is 0 Å². The number of pyridine rings is 1. The molecule has 1 fully saturated rings. The number of Topliss-reactive ketones (excluding diaryl/α,β-unsaturated/α-hetero) is 1. The van der Waals surface area contributed by atoms with Gasteiger partial charge in [0.15, 0.2) is 14.0 Å². The second-order valence-corrected chi connectivity index (χ2v) is 15.1. The second-order valence-electron chi connectivity index (χ2n) is 9.36. The molecule has 3 heterocycles. The molecule has 29 heavy (non-hydrogen) atoms. The lowest BCUT2D eigenvalue weighted by Crippen LogP contribution is -2.51. The van der Waals surface area contributed by atoms with E-state index in [2.05, 4.69) is 63.4 Å². The average Bonchev–Trinajstić information content (AvgIpc) is 3.11. The molecule has 0 aromatic carbocycles. The SMILES string of the molecule is COc1cnc2c(ccn2[Si](C(C)C)(C(C)C)C(C)C)c1C(=O)C1CCNCC1. The minimum absolute atomic E-state index is 0.0569. The standard InChI is InChI=1S/C23H37N3O2Si/c1-15(2)29(16(3)4,17(5)6)26-13-10-19-21(20(28-7)14-25-23(19)26)22(27)18-8-11-24-12-9-18/h10,13-18,24H,8-9,11-12H2,1-7H3. The largest absolute Gasteiger partial charge is 0.494 e. The number of ether oxygens (including phenoxy) is 1. The second kappa shape index (κ2) is 8.60. The molecule has 0 atom stereocenters. The van der Waals surface area contributed by atoms with Gasteiger partial charge in [0.25, 0.3) is 0 Å². The van der Waals surface area contributed by atoms with Crippen molar-refractivity contribution >= 4 is 25.1 Å². The highest BCUT2D eigenvalue weighted by Gasteiger charge is 2.46. The third-order valence-electron chi connectivity index (χ3n) is 7.05. The summed E-state index contributed by atoms with van der Waals surface area (Å²) in [5.74, 6) is 0.866. The summed E-state index contributed by atoms with van der Waals surface area (Å²) in [6.45, 7) is 15.9. The van der Waals surface area contributed by atoms with Crippen molar-refractivity contribution in [2.45, 2.75) is 71.0 Å². The van der Waals surface area contributed by atoms with Gasteiger partial charge < -0.3 is 14.3 Å². The zero-order valence-electron chi connectivity index (χ0n) is 19.1. The first-order chi connectivity index (χ1) is 13.8. The molecular weight excluding hydrogens is 378 g/mol. The van der Waals surface area contributed by atoms with Crippen LogP contribution in [-0.4, -0.2) is 43.4 Å². The minimum Gasteiger partial charge on any atom is -0.494 e. The number of hydrogen-bond donors (Lipinski definition) is 1. The number of fused-ring (bicyclic) bond motifs is 1. The normalized spacial score (nSPS) is 16.3. The van der Waals surface area contributed by atoms with Crippen LogP contribution >= 0.6 is 0 Å². The van der Waals surface area contributed by atoms with Gasteiger partial charge in [-0.1, -0.05) is 41.5 Å². The summed E-state index contributed by atoms with van der Waals surface area (Å²) in [4.78, 5) is 18.3. The lowest BCUT2D eigenvalue weighted by molar-refractivity contribution is 0.0893. The van der Waals surface area contributed by atoms with E-state index < -0.39 is 8.24 Å². The monoisotopic (exact) mass is 415 g/mol. The number of hydrogen-bond acceptors (Lipinski definition) is 4. The predicted molar refractivity (Wildman–Crippen MR) is 123 cm³/mol. The van der Waals surface area contributed by atoms with E-state index in [9.17, 15) is 4.79 Å². The third-order valence-corrected chi connectivity index (χ3v) is 13.8. The van der Waals surface area contributed by atoms with Gasteiger partial charge in [-0.2, -0.15) is 0 Å². The Hall–Kier alpha value is -1.66. The van der Waals surface area contributed by atoms with Gasteiger partial charge in [0.05, 0.1) is 18.9 Å². The molecule has 1 aliphatic rings. The molecule has 0 unspecified atom stereocenters. The number of ketones is 1. The van der Waals surface area contributed by atoms with E-state index in [0.717, 1.165) is 42.5 Å². The van der Waals surface area contributed by atoms with Gasteiger partial charge >= 0.3 is 0 Å². The van der Waals surface area contributed by atoms with Gasteiger partial charge in [0.1, 0.15) is 11.4 Å². The number of nitrogens with one attached hydrogen (secondary N) is 1. The van der Waals surface area contributed by atoms with Gasteiger partial charge in [-0.3, -0.25) is 4.79 Å². The third kappa shape index (κ3) is 3.54. The predicted octanol–water partition coefficient (Wildman–Crippen LogP) is 5.25. The van der Waals surface area contributed by atoms with E-state index >= 15 is 0 Å². The van der Waals surface area contributed by atoms with Crippen molar-refractivity contribution in [1.29, 1.82) is 0 Å². The molecule has 0 radical (unpaired) electrons. The highest BCUT2D eigenvalue weighted by atomic mass is 28.3. The van der Waals surface area contributed by atoms with Crippen LogP contribution in [0.2, 0.25) is 16.6 Å². The van der Waals surface area contributed by atoms with E-state index in [1.165, 1.54) is 0 Å². The molecule has 2 aromatic heterocycles. The quantitative estimate of drug-likeness (QED) is 0.495. The van der Waals surface area contributed by atoms with E-state index in [1.54, 1.807) is 13.3 Å². The van der Waals surface area contributed by atoms with Gasteiger partial charge in [-0.25, -0.2) is 4.98 Å². The maximum atomic E-state index is 13.5. The summed E-state index contributed by atoms with van der Waals surface area (Å²) in [5, 5.41) is 4.30. The molecule has 1 aliphatic heterocycles. The number of carbonyl (C=O) groups excluding carboxylic acids is 1.